The number of rotatable bonds is 3. The van der Waals surface area contributed by atoms with Gasteiger partial charge in [0.25, 0.3) is 0 Å². The molecule has 2 nitrogen and oxygen atoms in total. The van der Waals surface area contributed by atoms with Crippen molar-refractivity contribution in [2.45, 2.75) is 25.1 Å². The van der Waals surface area contributed by atoms with Crippen molar-refractivity contribution < 1.29 is 13.2 Å². The maximum atomic E-state index is 12.6. The average Bonchev–Trinajstić information content (AvgIpc) is 2.76. The number of halogens is 4. The second-order valence-corrected chi connectivity index (χ2v) is 6.49. The number of thiophene rings is 1. The molecule has 1 saturated heterocycles. The van der Waals surface area contributed by atoms with E-state index in [1.807, 2.05) is 11.0 Å². The number of piperidine rings is 1. The Balaban J connectivity index is 1.99. The zero-order valence-corrected chi connectivity index (χ0v) is 11.9. The lowest BCUT2D eigenvalue weighted by Gasteiger charge is -2.37. The van der Waals surface area contributed by atoms with Crippen LogP contribution in [0, 0.1) is 5.92 Å². The van der Waals surface area contributed by atoms with E-state index < -0.39 is 12.1 Å². The molecule has 1 unspecified atom stereocenters. The number of nitrogens with two attached hydrogens (primary N) is 1. The molecule has 1 fully saturated rings. The first kappa shape index (κ1) is 15.1. The Bertz CT molecular complexity index is 413. The minimum Gasteiger partial charge on any atom is -0.329 e. The zero-order chi connectivity index (χ0) is 14.0. The minimum atomic E-state index is -4.07. The van der Waals surface area contributed by atoms with Crippen LogP contribution in [0.15, 0.2) is 12.1 Å². The molecule has 0 aromatic carbocycles. The van der Waals surface area contributed by atoms with Gasteiger partial charge in [-0.05, 0) is 38.1 Å². The number of nitrogens with zero attached hydrogens (tertiary/aromatic N) is 1. The molecule has 108 valence electrons. The minimum absolute atomic E-state index is 0.0216. The van der Waals surface area contributed by atoms with Crippen LogP contribution < -0.4 is 5.73 Å². The highest BCUT2D eigenvalue weighted by molar-refractivity contribution is 7.16. The summed E-state index contributed by atoms with van der Waals surface area (Å²) in [7, 11) is 0. The third-order valence-electron chi connectivity index (χ3n) is 3.58. The van der Waals surface area contributed by atoms with Crippen molar-refractivity contribution in [2.75, 3.05) is 19.6 Å². The zero-order valence-electron chi connectivity index (χ0n) is 10.3. The van der Waals surface area contributed by atoms with Gasteiger partial charge in [-0.3, -0.25) is 4.90 Å². The maximum Gasteiger partial charge on any atom is 0.391 e. The van der Waals surface area contributed by atoms with E-state index in [1.54, 1.807) is 6.07 Å². The van der Waals surface area contributed by atoms with E-state index in [9.17, 15) is 13.2 Å². The highest BCUT2D eigenvalue weighted by Crippen LogP contribution is 2.37. The van der Waals surface area contributed by atoms with Crippen LogP contribution in [0.2, 0.25) is 4.34 Å². The Hall–Kier alpha value is -0.300. The van der Waals surface area contributed by atoms with Gasteiger partial charge in [0.1, 0.15) is 0 Å². The first-order chi connectivity index (χ1) is 8.91. The molecule has 0 saturated carbocycles. The molecular weight excluding hydrogens is 297 g/mol. The van der Waals surface area contributed by atoms with E-state index in [4.69, 9.17) is 17.3 Å². The molecular formula is C12H16ClF3N2S. The summed E-state index contributed by atoms with van der Waals surface area (Å²) in [6.45, 7) is 1.26. The molecule has 2 heterocycles. The Morgan fingerprint density at radius 3 is 2.42 bits per heavy atom. The summed E-state index contributed by atoms with van der Waals surface area (Å²) < 4.78 is 38.5. The fraction of sp³-hybridized carbons (Fsp3) is 0.667. The number of hydrogen-bond acceptors (Lipinski definition) is 3. The van der Waals surface area contributed by atoms with E-state index in [-0.39, 0.29) is 18.9 Å². The van der Waals surface area contributed by atoms with Gasteiger partial charge >= 0.3 is 6.18 Å². The molecule has 1 aliphatic heterocycles. The lowest BCUT2D eigenvalue weighted by Crippen LogP contribution is -2.42. The van der Waals surface area contributed by atoms with E-state index in [0.717, 1.165) is 4.88 Å². The molecule has 0 amide bonds. The predicted octanol–water partition coefficient (Wildman–Crippen LogP) is 3.68. The van der Waals surface area contributed by atoms with Crippen LogP contribution in [-0.2, 0) is 0 Å². The summed E-state index contributed by atoms with van der Waals surface area (Å²) in [6, 6.07) is 3.68. The van der Waals surface area contributed by atoms with Gasteiger partial charge in [0.2, 0.25) is 0 Å². The van der Waals surface area contributed by atoms with Gasteiger partial charge in [-0.1, -0.05) is 11.6 Å². The lowest BCUT2D eigenvalue weighted by atomic mass is 9.95. The Morgan fingerprint density at radius 1 is 1.37 bits per heavy atom. The third kappa shape index (κ3) is 3.62. The van der Waals surface area contributed by atoms with Crippen molar-refractivity contribution in [2.24, 2.45) is 11.7 Å². The van der Waals surface area contributed by atoms with Gasteiger partial charge in [-0.15, -0.1) is 11.3 Å². The second-order valence-electron chi connectivity index (χ2n) is 4.75. The molecule has 0 radical (unpaired) electrons. The van der Waals surface area contributed by atoms with Crippen molar-refractivity contribution >= 4 is 22.9 Å². The summed E-state index contributed by atoms with van der Waals surface area (Å²) in [5.41, 5.74) is 5.77. The number of alkyl halides is 3. The first-order valence-electron chi connectivity index (χ1n) is 6.18. The topological polar surface area (TPSA) is 29.3 Å². The van der Waals surface area contributed by atoms with Gasteiger partial charge in [0.05, 0.1) is 16.3 Å². The van der Waals surface area contributed by atoms with E-state index in [1.165, 1.54) is 11.3 Å². The van der Waals surface area contributed by atoms with E-state index >= 15 is 0 Å². The monoisotopic (exact) mass is 312 g/mol. The van der Waals surface area contributed by atoms with Gasteiger partial charge < -0.3 is 5.73 Å². The van der Waals surface area contributed by atoms with Crippen molar-refractivity contribution in [1.82, 2.24) is 4.90 Å². The molecule has 0 aliphatic carbocycles. The Labute approximate surface area is 119 Å². The van der Waals surface area contributed by atoms with Gasteiger partial charge in [0, 0.05) is 11.4 Å². The highest BCUT2D eigenvalue weighted by atomic mass is 35.5. The van der Waals surface area contributed by atoms with Crippen molar-refractivity contribution in [3.05, 3.63) is 21.3 Å². The standard InChI is InChI=1S/C12H16ClF3N2S/c13-11-2-1-10(19-11)9(7-17)18-5-3-8(4-6-18)12(14,15)16/h1-2,8-9H,3-7,17H2. The molecule has 2 rings (SSSR count). The summed E-state index contributed by atoms with van der Waals surface area (Å²) in [5, 5.41) is 0. The van der Waals surface area contributed by atoms with Gasteiger partial charge in [-0.2, -0.15) is 13.2 Å². The molecule has 7 heteroatoms. The van der Waals surface area contributed by atoms with Crippen molar-refractivity contribution in [3.63, 3.8) is 0 Å². The third-order valence-corrected chi connectivity index (χ3v) is 4.91. The first-order valence-corrected chi connectivity index (χ1v) is 7.37. The van der Waals surface area contributed by atoms with Crippen molar-refractivity contribution in [1.29, 1.82) is 0 Å². The summed E-state index contributed by atoms with van der Waals surface area (Å²) in [5.74, 6) is -1.17. The summed E-state index contributed by atoms with van der Waals surface area (Å²) in [4.78, 5) is 3.06. The Morgan fingerprint density at radius 2 is 2.00 bits per heavy atom. The van der Waals surface area contributed by atoms with Crippen LogP contribution >= 0.6 is 22.9 Å². The summed E-state index contributed by atoms with van der Waals surface area (Å²) in [6.07, 6.45) is -3.77. The predicted molar refractivity (Wildman–Crippen MR) is 71.5 cm³/mol. The van der Waals surface area contributed by atoms with Gasteiger partial charge in [-0.25, -0.2) is 0 Å². The fourth-order valence-corrected chi connectivity index (χ4v) is 3.70. The summed E-state index contributed by atoms with van der Waals surface area (Å²) >= 11 is 7.34. The largest absolute Gasteiger partial charge is 0.391 e. The smallest absolute Gasteiger partial charge is 0.329 e. The van der Waals surface area contributed by atoms with Crippen LogP contribution in [0.3, 0.4) is 0 Å². The molecule has 0 spiro atoms. The average molecular weight is 313 g/mol. The maximum absolute atomic E-state index is 12.6. The molecule has 0 bridgehead atoms. The lowest BCUT2D eigenvalue weighted by molar-refractivity contribution is -0.186. The molecule has 1 aromatic rings. The van der Waals surface area contributed by atoms with E-state index in [0.29, 0.717) is 24.0 Å². The van der Waals surface area contributed by atoms with Crippen molar-refractivity contribution in [3.8, 4) is 0 Å². The molecule has 2 N–H and O–H groups in total. The molecule has 1 aliphatic rings. The molecule has 1 atom stereocenters. The second kappa shape index (κ2) is 5.99. The fourth-order valence-electron chi connectivity index (χ4n) is 2.49. The normalized spacial score (nSPS) is 20.7. The van der Waals surface area contributed by atoms with Crippen LogP contribution in [0.4, 0.5) is 13.2 Å². The SMILES string of the molecule is NCC(c1ccc(Cl)s1)N1CCC(C(F)(F)F)CC1. The van der Waals surface area contributed by atoms with E-state index in [2.05, 4.69) is 0 Å². The highest BCUT2D eigenvalue weighted by Gasteiger charge is 2.41. The Kier molecular flexibility index (Phi) is 4.76. The molecule has 19 heavy (non-hydrogen) atoms. The number of hydrogen-bond donors (Lipinski definition) is 1. The molecule has 1 aromatic heterocycles. The van der Waals surface area contributed by atoms with Crippen LogP contribution in [-0.4, -0.2) is 30.7 Å². The van der Waals surface area contributed by atoms with Crippen LogP contribution in [0.1, 0.15) is 23.8 Å². The van der Waals surface area contributed by atoms with Crippen LogP contribution in [0.5, 0.6) is 0 Å². The quantitative estimate of drug-likeness (QED) is 0.922. The van der Waals surface area contributed by atoms with Gasteiger partial charge in [0.15, 0.2) is 0 Å². The number of likely N-dealkylation sites (tertiary alicyclic amines) is 1. The van der Waals surface area contributed by atoms with Crippen LogP contribution in [0.25, 0.3) is 0 Å².